The van der Waals surface area contributed by atoms with Crippen molar-refractivity contribution in [2.24, 2.45) is 5.73 Å². The summed E-state index contributed by atoms with van der Waals surface area (Å²) >= 11 is 0. The summed E-state index contributed by atoms with van der Waals surface area (Å²) in [4.78, 5) is 0. The second kappa shape index (κ2) is 5.89. The van der Waals surface area contributed by atoms with E-state index in [0.717, 1.165) is 19.4 Å². The first-order valence-corrected chi connectivity index (χ1v) is 5.54. The molecule has 0 aromatic heterocycles. The van der Waals surface area contributed by atoms with E-state index >= 15 is 0 Å². The number of hydrogen-bond donors (Lipinski definition) is 1. The lowest BCUT2D eigenvalue weighted by Gasteiger charge is -2.22. The lowest BCUT2D eigenvalue weighted by molar-refractivity contribution is 0.0918. The Balaban J connectivity index is 2.18. The van der Waals surface area contributed by atoms with Crippen LogP contribution in [-0.2, 0) is 11.2 Å². The van der Waals surface area contributed by atoms with E-state index in [4.69, 9.17) is 10.5 Å². The standard InChI is InChI=1S/C13H21NO/c1-3-13(2,14)11-15-10-9-12-7-5-4-6-8-12/h4-8H,3,9-11,14H2,1-2H3. The molecule has 84 valence electrons. The number of ether oxygens (including phenoxy) is 1. The minimum Gasteiger partial charge on any atom is -0.379 e. The van der Waals surface area contributed by atoms with E-state index in [1.165, 1.54) is 5.56 Å². The molecule has 1 aromatic carbocycles. The second-order valence-electron chi connectivity index (χ2n) is 4.30. The first kappa shape index (κ1) is 12.2. The Labute approximate surface area is 92.4 Å². The van der Waals surface area contributed by atoms with Crippen LogP contribution in [0.5, 0.6) is 0 Å². The van der Waals surface area contributed by atoms with Gasteiger partial charge in [-0.2, -0.15) is 0 Å². The zero-order valence-electron chi connectivity index (χ0n) is 9.70. The molecule has 0 spiro atoms. The Morgan fingerprint density at radius 2 is 1.93 bits per heavy atom. The van der Waals surface area contributed by atoms with Gasteiger partial charge in [-0.3, -0.25) is 0 Å². The van der Waals surface area contributed by atoms with Gasteiger partial charge in [-0.05, 0) is 25.3 Å². The summed E-state index contributed by atoms with van der Waals surface area (Å²) in [5.74, 6) is 0. The van der Waals surface area contributed by atoms with Gasteiger partial charge in [0.15, 0.2) is 0 Å². The molecule has 0 radical (unpaired) electrons. The first-order chi connectivity index (χ1) is 7.14. The molecule has 0 bridgehead atoms. The van der Waals surface area contributed by atoms with Gasteiger partial charge in [0.1, 0.15) is 0 Å². The summed E-state index contributed by atoms with van der Waals surface area (Å²) in [5, 5.41) is 0. The maximum atomic E-state index is 5.97. The number of hydrogen-bond acceptors (Lipinski definition) is 2. The van der Waals surface area contributed by atoms with Gasteiger partial charge >= 0.3 is 0 Å². The van der Waals surface area contributed by atoms with Crippen LogP contribution in [0.15, 0.2) is 30.3 Å². The largest absolute Gasteiger partial charge is 0.379 e. The van der Waals surface area contributed by atoms with Crippen molar-refractivity contribution in [1.29, 1.82) is 0 Å². The fraction of sp³-hybridized carbons (Fsp3) is 0.538. The molecule has 1 atom stereocenters. The normalized spacial score (nSPS) is 14.9. The zero-order chi connectivity index (χ0) is 11.1. The molecule has 2 nitrogen and oxygen atoms in total. The maximum Gasteiger partial charge on any atom is 0.0643 e. The SMILES string of the molecule is CCC(C)(N)COCCc1ccccc1. The third-order valence-corrected chi connectivity index (χ3v) is 2.62. The molecule has 0 saturated heterocycles. The fourth-order valence-corrected chi connectivity index (χ4v) is 1.24. The summed E-state index contributed by atoms with van der Waals surface area (Å²) in [6.07, 6.45) is 1.90. The Kier molecular flexibility index (Phi) is 4.79. The smallest absolute Gasteiger partial charge is 0.0643 e. The second-order valence-corrected chi connectivity index (χ2v) is 4.30. The van der Waals surface area contributed by atoms with Crippen molar-refractivity contribution in [3.8, 4) is 0 Å². The van der Waals surface area contributed by atoms with Crippen LogP contribution in [0.1, 0.15) is 25.8 Å². The molecule has 2 heteroatoms. The van der Waals surface area contributed by atoms with E-state index in [-0.39, 0.29) is 5.54 Å². The van der Waals surface area contributed by atoms with Crippen molar-refractivity contribution >= 4 is 0 Å². The highest BCUT2D eigenvalue weighted by Gasteiger charge is 2.14. The minimum absolute atomic E-state index is 0.184. The Morgan fingerprint density at radius 1 is 1.27 bits per heavy atom. The van der Waals surface area contributed by atoms with Gasteiger partial charge < -0.3 is 10.5 Å². The highest BCUT2D eigenvalue weighted by molar-refractivity contribution is 5.14. The zero-order valence-corrected chi connectivity index (χ0v) is 9.70. The van der Waals surface area contributed by atoms with Crippen molar-refractivity contribution < 1.29 is 4.74 Å². The van der Waals surface area contributed by atoms with Crippen LogP contribution in [-0.4, -0.2) is 18.8 Å². The predicted molar refractivity (Wildman–Crippen MR) is 63.8 cm³/mol. The summed E-state index contributed by atoms with van der Waals surface area (Å²) in [6.45, 7) is 5.49. The van der Waals surface area contributed by atoms with E-state index < -0.39 is 0 Å². The lowest BCUT2D eigenvalue weighted by atomic mass is 10.0. The van der Waals surface area contributed by atoms with Gasteiger partial charge in [0, 0.05) is 5.54 Å². The van der Waals surface area contributed by atoms with Crippen LogP contribution in [0.2, 0.25) is 0 Å². The van der Waals surface area contributed by atoms with Crippen LogP contribution < -0.4 is 5.73 Å². The van der Waals surface area contributed by atoms with Crippen molar-refractivity contribution in [3.05, 3.63) is 35.9 Å². The van der Waals surface area contributed by atoms with E-state index in [9.17, 15) is 0 Å². The van der Waals surface area contributed by atoms with Crippen LogP contribution in [0, 0.1) is 0 Å². The monoisotopic (exact) mass is 207 g/mol. The molecule has 0 saturated carbocycles. The number of benzene rings is 1. The predicted octanol–water partition coefficient (Wildman–Crippen LogP) is 2.37. The summed E-state index contributed by atoms with van der Waals surface area (Å²) in [6, 6.07) is 10.4. The number of rotatable bonds is 6. The molecular formula is C13H21NO. The van der Waals surface area contributed by atoms with Crippen molar-refractivity contribution in [1.82, 2.24) is 0 Å². The first-order valence-electron chi connectivity index (χ1n) is 5.54. The molecule has 0 aliphatic carbocycles. The van der Waals surface area contributed by atoms with Gasteiger partial charge in [0.2, 0.25) is 0 Å². The van der Waals surface area contributed by atoms with Gasteiger partial charge in [0.05, 0.1) is 13.2 Å². The molecule has 2 N–H and O–H groups in total. The quantitative estimate of drug-likeness (QED) is 0.727. The molecule has 0 fully saturated rings. The molecule has 1 rings (SSSR count). The average molecular weight is 207 g/mol. The van der Waals surface area contributed by atoms with Crippen molar-refractivity contribution in [2.45, 2.75) is 32.2 Å². The van der Waals surface area contributed by atoms with Gasteiger partial charge in [0.25, 0.3) is 0 Å². The van der Waals surface area contributed by atoms with Gasteiger partial charge in [-0.1, -0.05) is 37.3 Å². The molecule has 0 amide bonds. The van der Waals surface area contributed by atoms with Crippen LogP contribution >= 0.6 is 0 Å². The van der Waals surface area contributed by atoms with Crippen LogP contribution in [0.4, 0.5) is 0 Å². The Morgan fingerprint density at radius 3 is 2.53 bits per heavy atom. The van der Waals surface area contributed by atoms with E-state index in [1.54, 1.807) is 0 Å². The Bertz CT molecular complexity index is 269. The maximum absolute atomic E-state index is 5.97. The fourth-order valence-electron chi connectivity index (χ4n) is 1.24. The number of nitrogens with two attached hydrogens (primary N) is 1. The third kappa shape index (κ3) is 4.96. The highest BCUT2D eigenvalue weighted by atomic mass is 16.5. The van der Waals surface area contributed by atoms with E-state index in [1.807, 2.05) is 13.0 Å². The minimum atomic E-state index is -0.184. The van der Waals surface area contributed by atoms with Crippen LogP contribution in [0.3, 0.4) is 0 Å². The molecule has 0 heterocycles. The van der Waals surface area contributed by atoms with E-state index in [0.29, 0.717) is 6.61 Å². The molecule has 1 unspecified atom stereocenters. The highest BCUT2D eigenvalue weighted by Crippen LogP contribution is 2.06. The molecule has 0 aliphatic rings. The molecule has 1 aromatic rings. The topological polar surface area (TPSA) is 35.2 Å². The molecule has 0 aliphatic heterocycles. The molecular weight excluding hydrogens is 186 g/mol. The van der Waals surface area contributed by atoms with Crippen LogP contribution in [0.25, 0.3) is 0 Å². The lowest BCUT2D eigenvalue weighted by Crippen LogP contribution is -2.40. The Hall–Kier alpha value is -0.860. The van der Waals surface area contributed by atoms with Crippen molar-refractivity contribution in [2.75, 3.05) is 13.2 Å². The summed E-state index contributed by atoms with van der Waals surface area (Å²) in [7, 11) is 0. The average Bonchev–Trinajstić information content (AvgIpc) is 2.26. The van der Waals surface area contributed by atoms with Gasteiger partial charge in [-0.25, -0.2) is 0 Å². The summed E-state index contributed by atoms with van der Waals surface area (Å²) in [5.41, 5.74) is 7.10. The third-order valence-electron chi connectivity index (χ3n) is 2.62. The van der Waals surface area contributed by atoms with E-state index in [2.05, 4.69) is 31.2 Å². The molecule has 15 heavy (non-hydrogen) atoms. The summed E-state index contributed by atoms with van der Waals surface area (Å²) < 4.78 is 5.57. The van der Waals surface area contributed by atoms with Crippen molar-refractivity contribution in [3.63, 3.8) is 0 Å². The van der Waals surface area contributed by atoms with Gasteiger partial charge in [-0.15, -0.1) is 0 Å².